The first-order valence-electron chi connectivity index (χ1n) is 12.3. The number of aromatic nitrogens is 5. The third kappa shape index (κ3) is 4.63. The van der Waals surface area contributed by atoms with E-state index in [9.17, 15) is 9.59 Å². The molecule has 4 aromatic heterocycles. The highest BCUT2D eigenvalue weighted by Crippen LogP contribution is 2.32. The van der Waals surface area contributed by atoms with Crippen LogP contribution < -0.4 is 5.32 Å². The summed E-state index contributed by atoms with van der Waals surface area (Å²) in [5, 5.41) is 13.0. The van der Waals surface area contributed by atoms with Crippen LogP contribution in [0.25, 0.3) is 44.3 Å². The van der Waals surface area contributed by atoms with Gasteiger partial charge in [-0.05, 0) is 50.2 Å². The van der Waals surface area contributed by atoms with Crippen molar-refractivity contribution in [1.82, 2.24) is 30.0 Å². The van der Waals surface area contributed by atoms with Crippen molar-refractivity contribution in [2.45, 2.75) is 27.2 Å². The molecule has 0 aliphatic heterocycles. The van der Waals surface area contributed by atoms with Crippen LogP contribution >= 0.6 is 0 Å². The maximum Gasteiger partial charge on any atom is 0.254 e. The molecule has 0 aliphatic carbocycles. The van der Waals surface area contributed by atoms with Crippen molar-refractivity contribution in [3.63, 3.8) is 0 Å². The van der Waals surface area contributed by atoms with E-state index in [1.165, 1.54) is 0 Å². The van der Waals surface area contributed by atoms with Gasteiger partial charge in [0.05, 0.1) is 17.4 Å². The number of carbonyl (C=O) groups excluding carboxylic acids is 2. The average Bonchev–Trinajstić information content (AvgIpc) is 3.37. The molecule has 2 N–H and O–H groups in total. The lowest BCUT2D eigenvalue weighted by Gasteiger charge is -2.18. The number of aromatic amines is 1. The standard InChI is InChI=1S/C28H27N7O2/c1-4-26(36)33-25-11-10-17(14-30-25)18-12-21-24(29-15-18)16-31-34-27(21)23-13-20-19(8-7-9-22(20)32-23)28(37)35(5-2)6-3/h7-16,32H,4-6H2,1-3H3,(H,30,33,36). The molecule has 5 aromatic rings. The minimum atomic E-state index is -0.0869. The molecule has 0 saturated carbocycles. The molecule has 0 fully saturated rings. The number of carbonyl (C=O) groups is 2. The van der Waals surface area contributed by atoms with Crippen molar-refractivity contribution in [3.8, 4) is 22.5 Å². The summed E-state index contributed by atoms with van der Waals surface area (Å²) in [6.45, 7) is 7.04. The molecule has 0 unspecified atom stereocenters. The van der Waals surface area contributed by atoms with Crippen LogP contribution in [0, 0.1) is 0 Å². The van der Waals surface area contributed by atoms with Gasteiger partial charge >= 0.3 is 0 Å². The van der Waals surface area contributed by atoms with Crippen LogP contribution in [0.3, 0.4) is 0 Å². The molecule has 0 saturated heterocycles. The number of anilines is 1. The highest BCUT2D eigenvalue weighted by molar-refractivity contribution is 6.08. The van der Waals surface area contributed by atoms with Crippen molar-refractivity contribution >= 4 is 39.4 Å². The highest BCUT2D eigenvalue weighted by Gasteiger charge is 2.18. The summed E-state index contributed by atoms with van der Waals surface area (Å²) in [4.78, 5) is 38.9. The molecule has 5 rings (SSSR count). The number of amides is 2. The number of hydrogen-bond acceptors (Lipinski definition) is 6. The number of hydrogen-bond donors (Lipinski definition) is 2. The van der Waals surface area contributed by atoms with E-state index in [0.29, 0.717) is 42.1 Å². The van der Waals surface area contributed by atoms with Gasteiger partial charge in [-0.2, -0.15) is 5.10 Å². The lowest BCUT2D eigenvalue weighted by atomic mass is 10.1. The maximum absolute atomic E-state index is 13.1. The molecule has 4 heterocycles. The van der Waals surface area contributed by atoms with Crippen molar-refractivity contribution in [3.05, 3.63) is 66.6 Å². The SMILES string of the molecule is CCC(=O)Nc1ccc(-c2cnc3cnnc(-c4cc5c(C(=O)N(CC)CC)cccc5[nH]4)c3c2)cn1. The Balaban J connectivity index is 1.56. The van der Waals surface area contributed by atoms with Gasteiger partial charge in [0, 0.05) is 64.9 Å². The zero-order valence-electron chi connectivity index (χ0n) is 20.9. The van der Waals surface area contributed by atoms with Gasteiger partial charge in [0.2, 0.25) is 5.91 Å². The first kappa shape index (κ1) is 24.1. The van der Waals surface area contributed by atoms with Crippen LogP contribution in [0.5, 0.6) is 0 Å². The summed E-state index contributed by atoms with van der Waals surface area (Å²) >= 11 is 0. The van der Waals surface area contributed by atoms with E-state index in [4.69, 9.17) is 0 Å². The zero-order valence-corrected chi connectivity index (χ0v) is 20.9. The fourth-order valence-electron chi connectivity index (χ4n) is 4.34. The molecule has 0 aliphatic rings. The molecule has 1 aromatic carbocycles. The number of fused-ring (bicyclic) bond motifs is 2. The van der Waals surface area contributed by atoms with Gasteiger partial charge in [-0.3, -0.25) is 14.6 Å². The van der Waals surface area contributed by atoms with Gasteiger partial charge in [0.1, 0.15) is 11.5 Å². The number of H-pyrrole nitrogens is 1. The molecule has 0 radical (unpaired) electrons. The van der Waals surface area contributed by atoms with E-state index < -0.39 is 0 Å². The minimum Gasteiger partial charge on any atom is -0.353 e. The topological polar surface area (TPSA) is 117 Å². The van der Waals surface area contributed by atoms with Crippen LogP contribution in [0.2, 0.25) is 0 Å². The van der Waals surface area contributed by atoms with Crippen molar-refractivity contribution in [2.24, 2.45) is 0 Å². The summed E-state index contributed by atoms with van der Waals surface area (Å²) < 4.78 is 0. The Morgan fingerprint density at radius 3 is 2.46 bits per heavy atom. The summed E-state index contributed by atoms with van der Waals surface area (Å²) in [6, 6.07) is 13.3. The average molecular weight is 494 g/mol. The predicted octanol–water partition coefficient (Wildman–Crippen LogP) is 5.07. The van der Waals surface area contributed by atoms with E-state index in [2.05, 4.69) is 30.5 Å². The number of nitrogens with one attached hydrogen (secondary N) is 2. The molecule has 186 valence electrons. The lowest BCUT2D eigenvalue weighted by Crippen LogP contribution is -2.30. The lowest BCUT2D eigenvalue weighted by molar-refractivity contribution is -0.115. The molecule has 2 amide bonds. The van der Waals surface area contributed by atoms with E-state index >= 15 is 0 Å². The number of pyridine rings is 2. The molecule has 37 heavy (non-hydrogen) atoms. The molecule has 0 bridgehead atoms. The Hall–Kier alpha value is -4.66. The monoisotopic (exact) mass is 493 g/mol. The summed E-state index contributed by atoms with van der Waals surface area (Å²) in [7, 11) is 0. The third-order valence-corrected chi connectivity index (χ3v) is 6.40. The second-order valence-corrected chi connectivity index (χ2v) is 8.61. The molecular weight excluding hydrogens is 466 g/mol. The molecule has 0 spiro atoms. The van der Waals surface area contributed by atoms with Crippen LogP contribution in [-0.4, -0.2) is 55.0 Å². The first-order valence-corrected chi connectivity index (χ1v) is 12.3. The second kappa shape index (κ2) is 10.1. The smallest absolute Gasteiger partial charge is 0.254 e. The fourth-order valence-corrected chi connectivity index (χ4v) is 4.34. The normalized spacial score (nSPS) is 11.1. The van der Waals surface area contributed by atoms with Gasteiger partial charge in [-0.1, -0.05) is 13.0 Å². The van der Waals surface area contributed by atoms with Crippen molar-refractivity contribution in [2.75, 3.05) is 18.4 Å². The van der Waals surface area contributed by atoms with Crippen LogP contribution in [-0.2, 0) is 4.79 Å². The second-order valence-electron chi connectivity index (χ2n) is 8.61. The minimum absolute atomic E-state index is 0.000167. The Labute approximate surface area is 214 Å². The van der Waals surface area contributed by atoms with E-state index in [1.54, 1.807) is 31.6 Å². The summed E-state index contributed by atoms with van der Waals surface area (Å²) in [6.07, 6.45) is 5.49. The quantitative estimate of drug-likeness (QED) is 0.327. The number of nitrogens with zero attached hydrogens (tertiary/aromatic N) is 5. The Morgan fingerprint density at radius 2 is 1.73 bits per heavy atom. The van der Waals surface area contributed by atoms with Gasteiger partial charge in [0.25, 0.3) is 5.91 Å². The molecular formula is C28H27N7O2. The van der Waals surface area contributed by atoms with Crippen molar-refractivity contribution in [1.29, 1.82) is 0 Å². The van der Waals surface area contributed by atoms with Gasteiger partial charge < -0.3 is 15.2 Å². The number of rotatable bonds is 7. The first-order chi connectivity index (χ1) is 18.0. The Kier molecular flexibility index (Phi) is 6.59. The van der Waals surface area contributed by atoms with Gasteiger partial charge in [0.15, 0.2) is 0 Å². The molecule has 0 atom stereocenters. The Bertz CT molecular complexity index is 1600. The summed E-state index contributed by atoms with van der Waals surface area (Å²) in [5.41, 5.74) is 5.31. The van der Waals surface area contributed by atoms with Crippen LogP contribution in [0.4, 0.5) is 5.82 Å². The fraction of sp³-hybridized carbons (Fsp3) is 0.214. The largest absolute Gasteiger partial charge is 0.353 e. The zero-order chi connectivity index (χ0) is 25.9. The van der Waals surface area contributed by atoms with E-state index in [1.807, 2.05) is 55.1 Å². The van der Waals surface area contributed by atoms with Gasteiger partial charge in [-0.15, -0.1) is 5.10 Å². The molecule has 9 nitrogen and oxygen atoms in total. The van der Waals surface area contributed by atoms with E-state index in [0.717, 1.165) is 33.1 Å². The van der Waals surface area contributed by atoms with E-state index in [-0.39, 0.29) is 11.8 Å². The highest BCUT2D eigenvalue weighted by atomic mass is 16.2. The van der Waals surface area contributed by atoms with Crippen LogP contribution in [0.15, 0.2) is 61.1 Å². The third-order valence-electron chi connectivity index (χ3n) is 6.40. The maximum atomic E-state index is 13.1. The van der Waals surface area contributed by atoms with Crippen LogP contribution in [0.1, 0.15) is 37.6 Å². The summed E-state index contributed by atoms with van der Waals surface area (Å²) in [5.74, 6) is 0.417. The molecule has 9 heteroatoms. The predicted molar refractivity (Wildman–Crippen MR) is 144 cm³/mol. The Morgan fingerprint density at radius 1 is 0.919 bits per heavy atom. The van der Waals surface area contributed by atoms with Crippen molar-refractivity contribution < 1.29 is 9.59 Å². The number of benzene rings is 1. The van der Waals surface area contributed by atoms with Gasteiger partial charge in [-0.25, -0.2) is 4.98 Å².